The summed E-state index contributed by atoms with van der Waals surface area (Å²) >= 11 is 0. The first-order valence-electron chi connectivity index (χ1n) is 8.99. The van der Waals surface area contributed by atoms with E-state index in [9.17, 15) is 8.42 Å². The van der Waals surface area contributed by atoms with Crippen LogP contribution < -0.4 is 4.72 Å². The number of tetrazole rings is 1. The number of benzene rings is 2. The van der Waals surface area contributed by atoms with Gasteiger partial charge in [0.05, 0.1) is 10.6 Å². The standard InChI is InChI=1S/C19H24N6O2S/c1-4-15-8-10-16(11-9-15)19(24(2)3)13-21-28(26,27)18-7-5-6-17(12-18)25-14-20-22-23-25/h5-12,14,19,21H,4,13H2,1-3H3/t19-/m0/s1. The molecule has 2 aromatic carbocycles. The predicted molar refractivity (Wildman–Crippen MR) is 107 cm³/mol. The quantitative estimate of drug-likeness (QED) is 0.620. The monoisotopic (exact) mass is 400 g/mol. The zero-order valence-electron chi connectivity index (χ0n) is 16.1. The van der Waals surface area contributed by atoms with Gasteiger partial charge < -0.3 is 4.90 Å². The predicted octanol–water partition coefficient (Wildman–Crippen LogP) is 1.81. The fraction of sp³-hybridized carbons (Fsp3) is 0.316. The third kappa shape index (κ3) is 4.61. The van der Waals surface area contributed by atoms with Gasteiger partial charge in [0, 0.05) is 12.6 Å². The molecule has 9 heteroatoms. The van der Waals surface area contributed by atoms with Crippen molar-refractivity contribution in [2.45, 2.75) is 24.3 Å². The third-order valence-electron chi connectivity index (χ3n) is 4.60. The molecule has 0 saturated carbocycles. The molecule has 0 bridgehead atoms. The van der Waals surface area contributed by atoms with E-state index in [4.69, 9.17) is 0 Å². The molecular weight excluding hydrogens is 376 g/mol. The van der Waals surface area contributed by atoms with Crippen LogP contribution in [0.4, 0.5) is 0 Å². The molecule has 28 heavy (non-hydrogen) atoms. The largest absolute Gasteiger partial charge is 0.301 e. The summed E-state index contributed by atoms with van der Waals surface area (Å²) in [7, 11) is 0.189. The van der Waals surface area contributed by atoms with E-state index in [1.165, 1.54) is 16.6 Å². The second-order valence-corrected chi connectivity index (χ2v) is 8.45. The molecule has 3 rings (SSSR count). The van der Waals surface area contributed by atoms with Gasteiger partial charge in [0.25, 0.3) is 0 Å². The van der Waals surface area contributed by atoms with E-state index in [0.29, 0.717) is 5.69 Å². The number of hydrogen-bond donors (Lipinski definition) is 1. The summed E-state index contributed by atoms with van der Waals surface area (Å²) in [5.74, 6) is 0. The summed E-state index contributed by atoms with van der Waals surface area (Å²) in [6.07, 6.45) is 2.39. The summed E-state index contributed by atoms with van der Waals surface area (Å²) in [6.45, 7) is 2.37. The molecule has 1 atom stereocenters. The molecule has 1 heterocycles. The average Bonchev–Trinajstić information content (AvgIpc) is 3.23. The topological polar surface area (TPSA) is 93.0 Å². The first-order chi connectivity index (χ1) is 13.4. The normalized spacial score (nSPS) is 13.0. The molecule has 0 radical (unpaired) electrons. The van der Waals surface area contributed by atoms with Gasteiger partial charge in [-0.25, -0.2) is 17.8 Å². The minimum absolute atomic E-state index is 0.0802. The number of nitrogens with one attached hydrogen (secondary N) is 1. The number of rotatable bonds is 8. The molecular formula is C19H24N6O2S. The lowest BCUT2D eigenvalue weighted by Crippen LogP contribution is -2.34. The van der Waals surface area contributed by atoms with Gasteiger partial charge in [0.1, 0.15) is 6.33 Å². The SMILES string of the molecule is CCc1ccc([C@H](CNS(=O)(=O)c2cccc(-n3cnnn3)c2)N(C)C)cc1. The molecule has 3 aromatic rings. The molecule has 8 nitrogen and oxygen atoms in total. The average molecular weight is 401 g/mol. The van der Waals surface area contributed by atoms with Crippen LogP contribution in [0.1, 0.15) is 24.1 Å². The maximum absolute atomic E-state index is 12.8. The van der Waals surface area contributed by atoms with Gasteiger partial charge in [0.2, 0.25) is 10.0 Å². The van der Waals surface area contributed by atoms with Crippen LogP contribution >= 0.6 is 0 Å². The van der Waals surface area contributed by atoms with Gasteiger partial charge in [-0.3, -0.25) is 0 Å². The van der Waals surface area contributed by atoms with Crippen LogP contribution in [0.3, 0.4) is 0 Å². The van der Waals surface area contributed by atoms with Crippen molar-refractivity contribution in [1.29, 1.82) is 0 Å². The van der Waals surface area contributed by atoms with Crippen molar-refractivity contribution in [3.8, 4) is 5.69 Å². The summed E-state index contributed by atoms with van der Waals surface area (Å²) < 4.78 is 29.8. The molecule has 0 spiro atoms. The summed E-state index contributed by atoms with van der Waals surface area (Å²) in [4.78, 5) is 2.17. The van der Waals surface area contributed by atoms with E-state index >= 15 is 0 Å². The van der Waals surface area contributed by atoms with E-state index < -0.39 is 10.0 Å². The molecule has 148 valence electrons. The van der Waals surface area contributed by atoms with Gasteiger partial charge in [-0.2, -0.15) is 0 Å². The number of likely N-dealkylation sites (N-methyl/N-ethyl adjacent to an activating group) is 1. The highest BCUT2D eigenvalue weighted by Gasteiger charge is 2.20. The molecule has 1 N–H and O–H groups in total. The van der Waals surface area contributed by atoms with Gasteiger partial charge >= 0.3 is 0 Å². The molecule has 0 fully saturated rings. The Morgan fingerprint density at radius 3 is 2.50 bits per heavy atom. The Labute approximate surface area is 165 Å². The fourth-order valence-electron chi connectivity index (χ4n) is 2.92. The highest BCUT2D eigenvalue weighted by atomic mass is 32.2. The molecule has 0 unspecified atom stereocenters. The summed E-state index contributed by atoms with van der Waals surface area (Å²) in [6, 6.07) is 14.7. The van der Waals surface area contributed by atoms with Gasteiger partial charge in [0.15, 0.2) is 0 Å². The lowest BCUT2D eigenvalue weighted by molar-refractivity contribution is 0.299. The minimum atomic E-state index is -3.68. The number of nitrogens with zero attached hydrogens (tertiary/aromatic N) is 5. The fourth-order valence-corrected chi connectivity index (χ4v) is 4.00. The molecule has 1 aromatic heterocycles. The van der Waals surface area contributed by atoms with Crippen LogP contribution in [-0.4, -0.2) is 54.2 Å². The Kier molecular flexibility index (Phi) is 6.18. The van der Waals surface area contributed by atoms with E-state index in [1.807, 2.05) is 19.0 Å². The van der Waals surface area contributed by atoms with Crippen molar-refractivity contribution in [3.05, 3.63) is 66.0 Å². The zero-order valence-corrected chi connectivity index (χ0v) is 17.0. The number of aromatic nitrogens is 4. The van der Waals surface area contributed by atoms with E-state index in [0.717, 1.165) is 12.0 Å². The number of hydrogen-bond acceptors (Lipinski definition) is 6. The molecule has 0 aliphatic rings. The first kappa shape index (κ1) is 20.1. The maximum atomic E-state index is 12.8. The molecule has 0 saturated heterocycles. The Hall–Kier alpha value is -2.62. The van der Waals surface area contributed by atoms with Gasteiger partial charge in [-0.05, 0) is 60.3 Å². The van der Waals surface area contributed by atoms with Crippen LogP contribution in [-0.2, 0) is 16.4 Å². The van der Waals surface area contributed by atoms with Crippen molar-refractivity contribution in [2.75, 3.05) is 20.6 Å². The van der Waals surface area contributed by atoms with E-state index in [1.54, 1.807) is 24.3 Å². The molecule has 0 amide bonds. The molecule has 0 aliphatic carbocycles. The van der Waals surface area contributed by atoms with Crippen molar-refractivity contribution in [3.63, 3.8) is 0 Å². The minimum Gasteiger partial charge on any atom is -0.301 e. The van der Waals surface area contributed by atoms with Crippen LogP contribution in [0, 0.1) is 0 Å². The maximum Gasteiger partial charge on any atom is 0.240 e. The first-order valence-corrected chi connectivity index (χ1v) is 10.5. The Balaban J connectivity index is 1.78. The molecule has 0 aliphatic heterocycles. The lowest BCUT2D eigenvalue weighted by atomic mass is 10.0. The second-order valence-electron chi connectivity index (χ2n) is 6.68. The zero-order chi connectivity index (χ0) is 20.1. The van der Waals surface area contributed by atoms with Crippen molar-refractivity contribution in [1.82, 2.24) is 29.8 Å². The van der Waals surface area contributed by atoms with E-state index in [2.05, 4.69) is 51.4 Å². The Morgan fingerprint density at radius 1 is 1.14 bits per heavy atom. The Morgan fingerprint density at radius 2 is 1.89 bits per heavy atom. The summed E-state index contributed by atoms with van der Waals surface area (Å²) in [5.41, 5.74) is 2.89. The van der Waals surface area contributed by atoms with Gasteiger partial charge in [-0.15, -0.1) is 5.10 Å². The Bertz CT molecular complexity index is 1000. The van der Waals surface area contributed by atoms with Crippen LogP contribution in [0.25, 0.3) is 5.69 Å². The van der Waals surface area contributed by atoms with Crippen LogP contribution in [0.2, 0.25) is 0 Å². The smallest absolute Gasteiger partial charge is 0.240 e. The van der Waals surface area contributed by atoms with Crippen molar-refractivity contribution >= 4 is 10.0 Å². The summed E-state index contributed by atoms with van der Waals surface area (Å²) in [5, 5.41) is 10.9. The van der Waals surface area contributed by atoms with Crippen LogP contribution in [0.15, 0.2) is 59.8 Å². The highest BCUT2D eigenvalue weighted by molar-refractivity contribution is 7.89. The van der Waals surface area contributed by atoms with E-state index in [-0.39, 0.29) is 17.5 Å². The van der Waals surface area contributed by atoms with Gasteiger partial charge in [-0.1, -0.05) is 37.3 Å². The number of sulfonamides is 1. The van der Waals surface area contributed by atoms with Crippen molar-refractivity contribution < 1.29 is 8.42 Å². The third-order valence-corrected chi connectivity index (χ3v) is 6.03. The lowest BCUT2D eigenvalue weighted by Gasteiger charge is -2.25. The highest BCUT2D eigenvalue weighted by Crippen LogP contribution is 2.20. The van der Waals surface area contributed by atoms with Crippen LogP contribution in [0.5, 0.6) is 0 Å². The number of aryl methyl sites for hydroxylation is 1. The second kappa shape index (κ2) is 8.59. The van der Waals surface area contributed by atoms with Crippen molar-refractivity contribution in [2.24, 2.45) is 0 Å².